The first-order valence-electron chi connectivity index (χ1n) is 11.5. The van der Waals surface area contributed by atoms with Crippen LogP contribution >= 0.6 is 0 Å². The summed E-state index contributed by atoms with van der Waals surface area (Å²) in [7, 11) is 1.94. The average Bonchev–Trinajstić information content (AvgIpc) is 3.03. The van der Waals surface area contributed by atoms with Gasteiger partial charge in [0.25, 0.3) is 0 Å². The molecule has 0 bridgehead atoms. The molecule has 1 saturated heterocycles. The number of aliphatic imine (C=N–C) groups is 1. The summed E-state index contributed by atoms with van der Waals surface area (Å²) in [5, 5.41) is 0. The number of likely N-dealkylation sites (tertiary alicyclic amines) is 1. The van der Waals surface area contributed by atoms with Gasteiger partial charge in [0.15, 0.2) is 0 Å². The molecule has 2 atom stereocenters. The fourth-order valence-corrected chi connectivity index (χ4v) is 4.86. The second-order valence-electron chi connectivity index (χ2n) is 8.88. The molecule has 2 amide bonds. The van der Waals surface area contributed by atoms with Gasteiger partial charge in [-0.15, -0.1) is 0 Å². The standard InChI is InChI=1S/C28H26FN3O2/c1-31-21(18-32-26(33)16-20(28(32)34)15-19-9-3-2-4-10-19)17-30-27(22-11-5-7-13-24(22)29)23-12-6-8-14-25(23)31/h2-14,20-21H,15-18H2,1H3. The zero-order chi connectivity index (χ0) is 23.7. The van der Waals surface area contributed by atoms with Crippen molar-refractivity contribution in [2.45, 2.75) is 18.9 Å². The Morgan fingerprint density at radius 1 is 0.912 bits per heavy atom. The maximum atomic E-state index is 14.7. The number of benzodiazepines with no additional fused rings is 1. The van der Waals surface area contributed by atoms with Crippen LogP contribution in [0.5, 0.6) is 0 Å². The van der Waals surface area contributed by atoms with E-state index in [9.17, 15) is 14.0 Å². The number of anilines is 1. The van der Waals surface area contributed by atoms with Crippen molar-refractivity contribution in [3.63, 3.8) is 0 Å². The number of amides is 2. The third-order valence-electron chi connectivity index (χ3n) is 6.73. The van der Waals surface area contributed by atoms with E-state index in [1.165, 1.54) is 11.0 Å². The first-order chi connectivity index (χ1) is 16.5. The van der Waals surface area contributed by atoms with Gasteiger partial charge in [-0.2, -0.15) is 0 Å². The molecular weight excluding hydrogens is 429 g/mol. The Hall–Kier alpha value is -3.80. The number of rotatable bonds is 5. The molecule has 5 nitrogen and oxygen atoms in total. The largest absolute Gasteiger partial charge is 0.367 e. The lowest BCUT2D eigenvalue weighted by molar-refractivity contribution is -0.139. The highest BCUT2D eigenvalue weighted by Crippen LogP contribution is 2.30. The van der Waals surface area contributed by atoms with Gasteiger partial charge >= 0.3 is 0 Å². The Balaban J connectivity index is 1.41. The van der Waals surface area contributed by atoms with Crippen molar-refractivity contribution in [1.82, 2.24) is 4.90 Å². The van der Waals surface area contributed by atoms with Gasteiger partial charge in [0.1, 0.15) is 5.82 Å². The lowest BCUT2D eigenvalue weighted by Gasteiger charge is -2.31. The SMILES string of the molecule is CN1c2ccccc2C(c2ccccc2F)=NCC1CN1C(=O)CC(Cc2ccccc2)C1=O. The minimum atomic E-state index is -0.337. The first kappa shape index (κ1) is 22.0. The van der Waals surface area contributed by atoms with Crippen LogP contribution in [0.4, 0.5) is 10.1 Å². The lowest BCUT2D eigenvalue weighted by Crippen LogP contribution is -2.46. The van der Waals surface area contributed by atoms with Crippen molar-refractivity contribution in [1.29, 1.82) is 0 Å². The van der Waals surface area contributed by atoms with Gasteiger partial charge < -0.3 is 4.90 Å². The molecule has 0 spiro atoms. The van der Waals surface area contributed by atoms with Crippen LogP contribution < -0.4 is 4.90 Å². The minimum absolute atomic E-state index is 0.127. The lowest BCUT2D eigenvalue weighted by atomic mass is 9.98. The minimum Gasteiger partial charge on any atom is -0.367 e. The van der Waals surface area contributed by atoms with Crippen LogP contribution in [0.15, 0.2) is 83.9 Å². The fourth-order valence-electron chi connectivity index (χ4n) is 4.86. The van der Waals surface area contributed by atoms with E-state index in [-0.39, 0.29) is 42.6 Å². The quantitative estimate of drug-likeness (QED) is 0.545. The molecule has 0 radical (unpaired) electrons. The number of likely N-dealkylation sites (N-methyl/N-ethyl adjacent to an activating group) is 1. The van der Waals surface area contributed by atoms with E-state index in [0.29, 0.717) is 24.2 Å². The van der Waals surface area contributed by atoms with Crippen LogP contribution in [0.1, 0.15) is 23.1 Å². The van der Waals surface area contributed by atoms with Gasteiger partial charge in [-0.1, -0.05) is 60.7 Å². The Morgan fingerprint density at radius 2 is 1.59 bits per heavy atom. The second-order valence-corrected chi connectivity index (χ2v) is 8.88. The van der Waals surface area contributed by atoms with Gasteiger partial charge in [0, 0.05) is 30.3 Å². The summed E-state index contributed by atoms with van der Waals surface area (Å²) in [5.41, 5.74) is 3.81. The van der Waals surface area contributed by atoms with E-state index < -0.39 is 0 Å². The van der Waals surface area contributed by atoms with E-state index in [4.69, 9.17) is 4.99 Å². The van der Waals surface area contributed by atoms with Crippen LogP contribution in [0, 0.1) is 11.7 Å². The third kappa shape index (κ3) is 4.12. The Morgan fingerprint density at radius 3 is 2.35 bits per heavy atom. The van der Waals surface area contributed by atoms with Gasteiger partial charge in [0.05, 0.1) is 30.8 Å². The average molecular weight is 456 g/mol. The zero-order valence-electron chi connectivity index (χ0n) is 19.0. The van der Waals surface area contributed by atoms with E-state index in [2.05, 4.69) is 4.90 Å². The molecule has 2 aliphatic rings. The van der Waals surface area contributed by atoms with Crippen LogP contribution in [0.25, 0.3) is 0 Å². The topological polar surface area (TPSA) is 53.0 Å². The van der Waals surface area contributed by atoms with Gasteiger partial charge in [-0.05, 0) is 30.2 Å². The number of hydrogen-bond donors (Lipinski definition) is 0. The van der Waals surface area contributed by atoms with Crippen molar-refractivity contribution < 1.29 is 14.0 Å². The fraction of sp³-hybridized carbons (Fsp3) is 0.250. The summed E-state index contributed by atoms with van der Waals surface area (Å²) in [5.74, 6) is -0.935. The number of carbonyl (C=O) groups is 2. The molecule has 34 heavy (non-hydrogen) atoms. The van der Waals surface area contributed by atoms with Crippen molar-refractivity contribution in [3.05, 3.63) is 101 Å². The van der Waals surface area contributed by atoms with E-state index >= 15 is 0 Å². The van der Waals surface area contributed by atoms with E-state index in [1.807, 2.05) is 61.6 Å². The van der Waals surface area contributed by atoms with Crippen molar-refractivity contribution in [2.24, 2.45) is 10.9 Å². The molecule has 0 aromatic heterocycles. The summed E-state index contributed by atoms with van der Waals surface area (Å²) < 4.78 is 14.7. The number of nitrogens with zero attached hydrogens (tertiary/aromatic N) is 3. The summed E-state index contributed by atoms with van der Waals surface area (Å²) in [4.78, 5) is 34.2. The molecule has 2 heterocycles. The Labute approximate surface area is 198 Å². The summed E-state index contributed by atoms with van der Waals surface area (Å²) in [6.07, 6.45) is 0.783. The highest BCUT2D eigenvalue weighted by atomic mass is 19.1. The first-order valence-corrected chi connectivity index (χ1v) is 11.5. The van der Waals surface area contributed by atoms with Gasteiger partial charge in [-0.3, -0.25) is 19.5 Å². The Kier molecular flexibility index (Phi) is 5.97. The summed E-state index contributed by atoms with van der Waals surface area (Å²) in [6, 6.07) is 23.9. The molecule has 0 saturated carbocycles. The van der Waals surface area contributed by atoms with Crippen LogP contribution in [0.3, 0.4) is 0 Å². The molecule has 172 valence electrons. The predicted molar refractivity (Wildman–Crippen MR) is 131 cm³/mol. The molecule has 2 unspecified atom stereocenters. The van der Waals surface area contributed by atoms with Crippen LogP contribution in [-0.4, -0.2) is 48.6 Å². The zero-order valence-corrected chi connectivity index (χ0v) is 19.0. The van der Waals surface area contributed by atoms with E-state index in [0.717, 1.165) is 16.8 Å². The Bertz CT molecular complexity index is 1260. The number of fused-ring (bicyclic) bond motifs is 1. The van der Waals surface area contributed by atoms with Crippen molar-refractivity contribution in [2.75, 3.05) is 25.0 Å². The molecule has 5 rings (SSSR count). The van der Waals surface area contributed by atoms with Gasteiger partial charge in [0.2, 0.25) is 11.8 Å². The molecule has 3 aromatic rings. The number of hydrogen-bond acceptors (Lipinski definition) is 4. The molecular formula is C28H26FN3O2. The summed E-state index contributed by atoms with van der Waals surface area (Å²) in [6.45, 7) is 0.594. The second kappa shape index (κ2) is 9.21. The maximum absolute atomic E-state index is 14.7. The highest BCUT2D eigenvalue weighted by molar-refractivity contribution is 6.16. The molecule has 0 N–H and O–H groups in total. The smallest absolute Gasteiger partial charge is 0.233 e. The van der Waals surface area contributed by atoms with Crippen molar-refractivity contribution >= 4 is 23.2 Å². The number of halogens is 1. The number of para-hydroxylation sites is 1. The molecule has 0 aliphatic carbocycles. The summed E-state index contributed by atoms with van der Waals surface area (Å²) >= 11 is 0. The number of carbonyl (C=O) groups excluding carboxylic acids is 2. The van der Waals surface area contributed by atoms with Gasteiger partial charge in [-0.25, -0.2) is 4.39 Å². The normalized spacial score (nSPS) is 20.2. The van der Waals surface area contributed by atoms with Crippen molar-refractivity contribution in [3.8, 4) is 0 Å². The van der Waals surface area contributed by atoms with E-state index in [1.54, 1.807) is 18.2 Å². The number of imide groups is 1. The maximum Gasteiger partial charge on any atom is 0.233 e. The van der Waals surface area contributed by atoms with Crippen LogP contribution in [0.2, 0.25) is 0 Å². The highest BCUT2D eigenvalue weighted by Gasteiger charge is 2.40. The van der Waals surface area contributed by atoms with Crippen LogP contribution in [-0.2, 0) is 16.0 Å². The molecule has 1 fully saturated rings. The predicted octanol–water partition coefficient (Wildman–Crippen LogP) is 4.10. The molecule has 3 aromatic carbocycles. The monoisotopic (exact) mass is 455 g/mol. The third-order valence-corrected chi connectivity index (χ3v) is 6.73. The molecule has 2 aliphatic heterocycles. The molecule has 6 heteroatoms. The number of benzene rings is 3.